The van der Waals surface area contributed by atoms with Gasteiger partial charge in [0, 0.05) is 17.8 Å². The van der Waals surface area contributed by atoms with Crippen molar-refractivity contribution in [1.82, 2.24) is 9.71 Å². The summed E-state index contributed by atoms with van der Waals surface area (Å²) in [4.78, 5) is 14.6. The van der Waals surface area contributed by atoms with Gasteiger partial charge in [0.1, 0.15) is 27.1 Å². The van der Waals surface area contributed by atoms with Gasteiger partial charge in [0.15, 0.2) is 5.54 Å². The molecule has 0 aromatic carbocycles. The number of rotatable bonds is 6. The summed E-state index contributed by atoms with van der Waals surface area (Å²) in [7, 11) is 0. The van der Waals surface area contributed by atoms with Crippen molar-refractivity contribution in [2.75, 3.05) is 0 Å². The lowest BCUT2D eigenvalue weighted by Gasteiger charge is -2.35. The highest BCUT2D eigenvalue weighted by molar-refractivity contribution is 9.10. The van der Waals surface area contributed by atoms with E-state index >= 15 is 0 Å². The van der Waals surface area contributed by atoms with E-state index in [2.05, 4.69) is 25.6 Å². The van der Waals surface area contributed by atoms with Crippen molar-refractivity contribution >= 4 is 33.6 Å². The standard InChI is InChI=1S/C13H16BrF3N2O2S/c1-12(2,3)22(21)19-13(6-7-20,11(16)17)10-8(15)4-5-9(14)18-10/h4-5,7,11,19H,6H2,1-3H3/t13-,22?/m0/s1. The minimum Gasteiger partial charge on any atom is -0.598 e. The van der Waals surface area contributed by atoms with Gasteiger partial charge in [-0.1, -0.05) is 0 Å². The van der Waals surface area contributed by atoms with Crippen molar-refractivity contribution in [3.63, 3.8) is 0 Å². The van der Waals surface area contributed by atoms with Gasteiger partial charge < -0.3 is 9.35 Å². The maximum Gasteiger partial charge on any atom is 0.266 e. The Bertz CT molecular complexity index is 543. The molecule has 4 nitrogen and oxygen atoms in total. The predicted octanol–water partition coefficient (Wildman–Crippen LogP) is 3.08. The van der Waals surface area contributed by atoms with E-state index in [-0.39, 0.29) is 10.9 Å². The summed E-state index contributed by atoms with van der Waals surface area (Å²) in [5.74, 6) is -1.01. The number of alkyl halides is 2. The fraction of sp³-hybridized carbons (Fsp3) is 0.538. The Labute approximate surface area is 138 Å². The quantitative estimate of drug-likeness (QED) is 0.452. The number of halogens is 4. The highest BCUT2D eigenvalue weighted by atomic mass is 79.9. The molecule has 0 saturated carbocycles. The summed E-state index contributed by atoms with van der Waals surface area (Å²) in [6.07, 6.45) is -3.74. The first-order chi connectivity index (χ1) is 10.0. The van der Waals surface area contributed by atoms with Crippen LogP contribution in [-0.4, -0.2) is 27.0 Å². The largest absolute Gasteiger partial charge is 0.598 e. The number of hydrogen-bond donors (Lipinski definition) is 1. The number of pyridine rings is 1. The fourth-order valence-corrected chi connectivity index (χ4v) is 2.82. The zero-order chi connectivity index (χ0) is 17.1. The van der Waals surface area contributed by atoms with Crippen LogP contribution in [0.5, 0.6) is 0 Å². The van der Waals surface area contributed by atoms with Gasteiger partial charge in [-0.05, 0) is 48.8 Å². The Morgan fingerprint density at radius 2 is 2.05 bits per heavy atom. The smallest absolute Gasteiger partial charge is 0.266 e. The molecule has 0 amide bonds. The highest BCUT2D eigenvalue weighted by Gasteiger charge is 2.50. The van der Waals surface area contributed by atoms with Crippen molar-refractivity contribution in [3.05, 3.63) is 28.2 Å². The molecule has 0 aliphatic heterocycles. The summed E-state index contributed by atoms with van der Waals surface area (Å²) < 4.78 is 55.1. The van der Waals surface area contributed by atoms with Gasteiger partial charge in [0.05, 0.1) is 0 Å². The number of carbonyl (C=O) groups is 1. The first-order valence-electron chi connectivity index (χ1n) is 6.28. The lowest BCUT2D eigenvalue weighted by Crippen LogP contribution is -2.56. The molecule has 0 saturated heterocycles. The summed E-state index contributed by atoms with van der Waals surface area (Å²) in [6, 6.07) is 2.20. The predicted molar refractivity (Wildman–Crippen MR) is 81.3 cm³/mol. The highest BCUT2D eigenvalue weighted by Crippen LogP contribution is 2.35. The molecule has 2 atom stereocenters. The van der Waals surface area contributed by atoms with Gasteiger partial charge in [-0.25, -0.2) is 18.2 Å². The van der Waals surface area contributed by atoms with Crippen molar-refractivity contribution in [2.45, 2.75) is 43.9 Å². The number of aldehydes is 1. The zero-order valence-electron chi connectivity index (χ0n) is 12.2. The van der Waals surface area contributed by atoms with Gasteiger partial charge in [0.2, 0.25) is 0 Å². The molecule has 0 spiro atoms. The molecule has 1 N–H and O–H groups in total. The van der Waals surface area contributed by atoms with Crippen LogP contribution >= 0.6 is 15.9 Å². The summed E-state index contributed by atoms with van der Waals surface area (Å²) in [5, 5.41) is 0. The molecular formula is C13H16BrF3N2O2S. The number of nitrogens with zero attached hydrogens (tertiary/aromatic N) is 1. The minimum atomic E-state index is -3.19. The maximum absolute atomic E-state index is 14.0. The van der Waals surface area contributed by atoms with Crippen LogP contribution in [0.25, 0.3) is 0 Å². The topological polar surface area (TPSA) is 65.0 Å². The van der Waals surface area contributed by atoms with E-state index in [1.165, 1.54) is 6.07 Å². The Kier molecular flexibility index (Phi) is 6.43. The van der Waals surface area contributed by atoms with Gasteiger partial charge in [-0.15, -0.1) is 4.72 Å². The van der Waals surface area contributed by atoms with Crippen LogP contribution in [0.3, 0.4) is 0 Å². The Balaban J connectivity index is 3.44. The van der Waals surface area contributed by atoms with Crippen molar-refractivity contribution in [1.29, 1.82) is 0 Å². The van der Waals surface area contributed by atoms with E-state index in [1.54, 1.807) is 20.8 Å². The van der Waals surface area contributed by atoms with Gasteiger partial charge >= 0.3 is 0 Å². The van der Waals surface area contributed by atoms with Crippen molar-refractivity contribution in [2.24, 2.45) is 0 Å². The number of carbonyl (C=O) groups excluding carboxylic acids is 1. The third-order valence-corrected chi connectivity index (χ3v) is 4.95. The van der Waals surface area contributed by atoms with Gasteiger partial charge in [-0.2, -0.15) is 0 Å². The minimum absolute atomic E-state index is 0.128. The molecule has 1 unspecified atom stereocenters. The molecule has 1 heterocycles. The van der Waals surface area contributed by atoms with Crippen molar-refractivity contribution < 1.29 is 22.5 Å². The lowest BCUT2D eigenvalue weighted by atomic mass is 9.92. The SMILES string of the molecule is CC(C)(C)[S+]([O-])N[C@@](CC=O)(c1nc(Br)ccc1F)C(F)F. The van der Waals surface area contributed by atoms with E-state index in [1.807, 2.05) is 0 Å². The van der Waals surface area contributed by atoms with Crippen LogP contribution in [-0.2, 0) is 21.7 Å². The molecule has 0 fully saturated rings. The van der Waals surface area contributed by atoms with Gasteiger partial charge in [0.25, 0.3) is 6.43 Å². The number of hydrogen-bond acceptors (Lipinski definition) is 4. The van der Waals surface area contributed by atoms with Crippen LogP contribution in [0.2, 0.25) is 0 Å². The van der Waals surface area contributed by atoms with Crippen LogP contribution in [0.4, 0.5) is 13.2 Å². The average Bonchev–Trinajstić information content (AvgIpc) is 2.39. The van der Waals surface area contributed by atoms with Gasteiger partial charge in [-0.3, -0.25) is 0 Å². The normalized spacial score (nSPS) is 16.4. The van der Waals surface area contributed by atoms with Crippen LogP contribution in [0, 0.1) is 5.82 Å². The summed E-state index contributed by atoms with van der Waals surface area (Å²) >= 11 is 1.03. The molecule has 0 bridgehead atoms. The molecule has 0 aliphatic carbocycles. The molecule has 1 aromatic heterocycles. The first-order valence-corrected chi connectivity index (χ1v) is 8.23. The molecule has 0 radical (unpaired) electrons. The second-order valence-electron chi connectivity index (χ2n) is 5.59. The molecule has 1 rings (SSSR count). The third kappa shape index (κ3) is 4.21. The third-order valence-electron chi connectivity index (χ3n) is 2.84. The summed E-state index contributed by atoms with van der Waals surface area (Å²) in [6.45, 7) is 4.70. The van der Waals surface area contributed by atoms with E-state index in [4.69, 9.17) is 0 Å². The maximum atomic E-state index is 14.0. The Hall–Kier alpha value is -0.640. The molecular weight excluding hydrogens is 385 g/mol. The average molecular weight is 401 g/mol. The molecule has 0 aliphatic rings. The first kappa shape index (κ1) is 19.4. The van der Waals surface area contributed by atoms with Crippen LogP contribution < -0.4 is 4.72 Å². The molecule has 1 aromatic rings. The number of nitrogens with one attached hydrogen (secondary N) is 1. The molecule has 9 heteroatoms. The molecule has 22 heavy (non-hydrogen) atoms. The zero-order valence-corrected chi connectivity index (χ0v) is 14.6. The van der Waals surface area contributed by atoms with E-state index in [0.29, 0.717) is 0 Å². The Morgan fingerprint density at radius 1 is 1.45 bits per heavy atom. The monoisotopic (exact) mass is 400 g/mol. The molecule has 124 valence electrons. The second kappa shape index (κ2) is 7.29. The van der Waals surface area contributed by atoms with Crippen LogP contribution in [0.15, 0.2) is 16.7 Å². The van der Waals surface area contributed by atoms with Crippen LogP contribution in [0.1, 0.15) is 32.9 Å². The van der Waals surface area contributed by atoms with E-state index in [0.717, 1.165) is 6.07 Å². The number of aromatic nitrogens is 1. The van der Waals surface area contributed by atoms with Crippen molar-refractivity contribution in [3.8, 4) is 0 Å². The Morgan fingerprint density at radius 3 is 2.50 bits per heavy atom. The second-order valence-corrected chi connectivity index (χ2v) is 8.37. The lowest BCUT2D eigenvalue weighted by molar-refractivity contribution is -0.111. The summed E-state index contributed by atoms with van der Waals surface area (Å²) in [5.41, 5.74) is -3.12. The fourth-order valence-electron chi connectivity index (χ4n) is 1.60. The van der Waals surface area contributed by atoms with E-state index in [9.17, 15) is 22.5 Å². The van der Waals surface area contributed by atoms with E-state index < -0.39 is 46.0 Å².